The summed E-state index contributed by atoms with van der Waals surface area (Å²) < 4.78 is 5.68. The summed E-state index contributed by atoms with van der Waals surface area (Å²) in [5.41, 5.74) is 3.01. The zero-order chi connectivity index (χ0) is 18.7. The topological polar surface area (TPSA) is 12.5 Å². The summed E-state index contributed by atoms with van der Waals surface area (Å²) in [4.78, 5) is 2.73. The standard InChI is InChI=1S/C24H30ClNO/c1-27-18-24(21-8-3-2-4-9-21)14-16-26(17-15-24)23(19-6-5-7-19)20-10-12-22(25)13-11-20/h2-4,8-13,19,23H,5-7,14-18H2,1H3. The van der Waals surface area contributed by atoms with Gasteiger partial charge >= 0.3 is 0 Å². The summed E-state index contributed by atoms with van der Waals surface area (Å²) in [6.07, 6.45) is 6.39. The van der Waals surface area contributed by atoms with E-state index in [1.807, 2.05) is 19.2 Å². The van der Waals surface area contributed by atoms with Crippen molar-refractivity contribution in [2.24, 2.45) is 5.92 Å². The summed E-state index contributed by atoms with van der Waals surface area (Å²) in [6.45, 7) is 3.06. The van der Waals surface area contributed by atoms with Crippen LogP contribution in [-0.2, 0) is 10.2 Å². The van der Waals surface area contributed by atoms with E-state index in [1.54, 1.807) is 0 Å². The number of rotatable bonds is 6. The van der Waals surface area contributed by atoms with Gasteiger partial charge in [-0.2, -0.15) is 0 Å². The largest absolute Gasteiger partial charge is 0.384 e. The van der Waals surface area contributed by atoms with E-state index in [4.69, 9.17) is 16.3 Å². The summed E-state index contributed by atoms with van der Waals surface area (Å²) in [5, 5.41) is 0.827. The molecule has 0 bridgehead atoms. The molecule has 0 spiro atoms. The van der Waals surface area contributed by atoms with Gasteiger partial charge in [0.1, 0.15) is 0 Å². The van der Waals surface area contributed by atoms with Crippen molar-refractivity contribution in [1.29, 1.82) is 0 Å². The maximum atomic E-state index is 6.14. The van der Waals surface area contributed by atoms with Crippen molar-refractivity contribution < 1.29 is 4.74 Å². The van der Waals surface area contributed by atoms with Gasteiger partial charge < -0.3 is 4.74 Å². The molecular weight excluding hydrogens is 354 g/mol. The van der Waals surface area contributed by atoms with E-state index in [1.165, 1.54) is 30.4 Å². The monoisotopic (exact) mass is 383 g/mol. The molecule has 3 heteroatoms. The van der Waals surface area contributed by atoms with Gasteiger partial charge in [0.25, 0.3) is 0 Å². The number of hydrogen-bond donors (Lipinski definition) is 0. The first-order valence-corrected chi connectivity index (χ1v) is 10.6. The molecule has 0 amide bonds. The molecule has 1 aliphatic carbocycles. The Morgan fingerprint density at radius 3 is 2.26 bits per heavy atom. The van der Waals surface area contributed by atoms with E-state index < -0.39 is 0 Å². The molecule has 2 aliphatic rings. The third-order valence-electron chi connectivity index (χ3n) is 6.76. The normalized spacial score (nSPS) is 21.6. The Bertz CT molecular complexity index is 718. The third-order valence-corrected chi connectivity index (χ3v) is 7.02. The fourth-order valence-corrected chi connectivity index (χ4v) is 5.14. The van der Waals surface area contributed by atoms with Crippen molar-refractivity contribution in [3.05, 3.63) is 70.7 Å². The molecule has 144 valence electrons. The summed E-state index contributed by atoms with van der Waals surface area (Å²) >= 11 is 6.14. The Morgan fingerprint density at radius 1 is 1.04 bits per heavy atom. The van der Waals surface area contributed by atoms with Gasteiger partial charge in [-0.25, -0.2) is 0 Å². The van der Waals surface area contributed by atoms with Crippen molar-refractivity contribution in [1.82, 2.24) is 4.90 Å². The minimum absolute atomic E-state index is 0.149. The average molecular weight is 384 g/mol. The van der Waals surface area contributed by atoms with E-state index >= 15 is 0 Å². The van der Waals surface area contributed by atoms with Gasteiger partial charge in [-0.15, -0.1) is 0 Å². The molecule has 27 heavy (non-hydrogen) atoms. The molecule has 4 rings (SSSR count). The van der Waals surface area contributed by atoms with Crippen LogP contribution in [0, 0.1) is 5.92 Å². The number of methoxy groups -OCH3 is 1. The number of hydrogen-bond acceptors (Lipinski definition) is 2. The van der Waals surface area contributed by atoms with Gasteiger partial charge in [0.15, 0.2) is 0 Å². The maximum Gasteiger partial charge on any atom is 0.0560 e. The van der Waals surface area contributed by atoms with Gasteiger partial charge in [-0.05, 0) is 68.0 Å². The Morgan fingerprint density at radius 2 is 1.70 bits per heavy atom. The van der Waals surface area contributed by atoms with Crippen LogP contribution in [0.5, 0.6) is 0 Å². The summed E-state index contributed by atoms with van der Waals surface area (Å²) in [6, 6.07) is 20.1. The number of nitrogens with zero attached hydrogens (tertiary/aromatic N) is 1. The third kappa shape index (κ3) is 3.94. The van der Waals surface area contributed by atoms with E-state index in [9.17, 15) is 0 Å². The Labute approximate surface area is 168 Å². The molecular formula is C24H30ClNO. The molecule has 0 radical (unpaired) electrons. The number of piperidine rings is 1. The first kappa shape index (κ1) is 19.0. The zero-order valence-electron chi connectivity index (χ0n) is 16.2. The van der Waals surface area contributed by atoms with Gasteiger partial charge in [-0.3, -0.25) is 4.90 Å². The molecule has 1 aliphatic heterocycles. The van der Waals surface area contributed by atoms with Crippen LogP contribution in [0.4, 0.5) is 0 Å². The highest BCUT2D eigenvalue weighted by atomic mass is 35.5. The van der Waals surface area contributed by atoms with Crippen molar-refractivity contribution in [2.75, 3.05) is 26.8 Å². The van der Waals surface area contributed by atoms with Crippen molar-refractivity contribution >= 4 is 11.6 Å². The van der Waals surface area contributed by atoms with Crippen LogP contribution in [0.15, 0.2) is 54.6 Å². The van der Waals surface area contributed by atoms with Gasteiger partial charge in [-0.1, -0.05) is 60.5 Å². The maximum absolute atomic E-state index is 6.14. The number of halogens is 1. The van der Waals surface area contributed by atoms with Crippen molar-refractivity contribution in [3.8, 4) is 0 Å². The van der Waals surface area contributed by atoms with Crippen LogP contribution in [0.1, 0.15) is 49.3 Å². The second-order valence-corrected chi connectivity index (χ2v) is 8.74. The highest BCUT2D eigenvalue weighted by molar-refractivity contribution is 6.30. The van der Waals surface area contributed by atoms with Crippen LogP contribution < -0.4 is 0 Å². The summed E-state index contributed by atoms with van der Waals surface area (Å²) in [5.74, 6) is 0.790. The second kappa shape index (κ2) is 8.34. The number of benzene rings is 2. The van der Waals surface area contributed by atoms with E-state index in [0.717, 1.165) is 43.5 Å². The molecule has 2 fully saturated rings. The molecule has 2 aromatic carbocycles. The Balaban J connectivity index is 1.54. The lowest BCUT2D eigenvalue weighted by Crippen LogP contribution is -2.48. The van der Waals surface area contributed by atoms with Crippen LogP contribution in [-0.4, -0.2) is 31.7 Å². The average Bonchev–Trinajstić information content (AvgIpc) is 2.67. The molecule has 1 saturated carbocycles. The molecule has 2 aromatic rings. The highest BCUT2D eigenvalue weighted by Gasteiger charge is 2.40. The van der Waals surface area contributed by atoms with Crippen LogP contribution >= 0.6 is 11.6 Å². The lowest BCUT2D eigenvalue weighted by molar-refractivity contribution is 0.0261. The Kier molecular flexibility index (Phi) is 5.87. The van der Waals surface area contributed by atoms with Gasteiger partial charge in [0, 0.05) is 23.6 Å². The Hall–Kier alpha value is -1.35. The minimum atomic E-state index is 0.149. The molecule has 1 unspecified atom stereocenters. The highest BCUT2D eigenvalue weighted by Crippen LogP contribution is 2.45. The second-order valence-electron chi connectivity index (χ2n) is 8.30. The molecule has 0 aromatic heterocycles. The molecule has 0 N–H and O–H groups in total. The summed E-state index contributed by atoms with van der Waals surface area (Å²) in [7, 11) is 1.84. The number of likely N-dealkylation sites (tertiary alicyclic amines) is 1. The molecule has 1 atom stereocenters. The number of ether oxygens (including phenoxy) is 1. The molecule has 2 nitrogen and oxygen atoms in total. The van der Waals surface area contributed by atoms with Crippen molar-refractivity contribution in [2.45, 2.75) is 43.6 Å². The van der Waals surface area contributed by atoms with E-state index in [0.29, 0.717) is 6.04 Å². The van der Waals surface area contributed by atoms with Gasteiger partial charge in [0.05, 0.1) is 6.61 Å². The van der Waals surface area contributed by atoms with Crippen molar-refractivity contribution in [3.63, 3.8) is 0 Å². The molecule has 1 saturated heterocycles. The lowest BCUT2D eigenvalue weighted by atomic mass is 9.71. The quantitative estimate of drug-likeness (QED) is 0.619. The predicted molar refractivity (Wildman–Crippen MR) is 112 cm³/mol. The van der Waals surface area contributed by atoms with Crippen LogP contribution in [0.25, 0.3) is 0 Å². The van der Waals surface area contributed by atoms with Gasteiger partial charge in [0.2, 0.25) is 0 Å². The first-order chi connectivity index (χ1) is 13.2. The smallest absolute Gasteiger partial charge is 0.0560 e. The zero-order valence-corrected chi connectivity index (χ0v) is 17.0. The fraction of sp³-hybridized carbons (Fsp3) is 0.500. The SMILES string of the molecule is COCC1(c2ccccc2)CCN(C(c2ccc(Cl)cc2)C2CCC2)CC1. The molecule has 1 heterocycles. The van der Waals surface area contributed by atoms with Crippen LogP contribution in [0.3, 0.4) is 0 Å². The first-order valence-electron chi connectivity index (χ1n) is 10.3. The van der Waals surface area contributed by atoms with E-state index in [2.05, 4.69) is 47.4 Å². The predicted octanol–water partition coefficient (Wildman–Crippen LogP) is 5.86. The lowest BCUT2D eigenvalue weighted by Gasteiger charge is -2.48. The fourth-order valence-electron chi connectivity index (χ4n) is 5.01. The van der Waals surface area contributed by atoms with Crippen LogP contribution in [0.2, 0.25) is 5.02 Å². The van der Waals surface area contributed by atoms with E-state index in [-0.39, 0.29) is 5.41 Å². The minimum Gasteiger partial charge on any atom is -0.384 e.